The van der Waals surface area contributed by atoms with Crippen LogP contribution in [0.1, 0.15) is 27.8 Å². The molecular weight excluding hydrogens is 318 g/mol. The summed E-state index contributed by atoms with van der Waals surface area (Å²) in [4.78, 5) is 16.2. The van der Waals surface area contributed by atoms with Crippen molar-refractivity contribution in [2.45, 2.75) is 20.1 Å². The predicted octanol–water partition coefficient (Wildman–Crippen LogP) is 2.77. The Hall–Kier alpha value is -2.74. The fourth-order valence-corrected chi connectivity index (χ4v) is 2.33. The van der Waals surface area contributed by atoms with E-state index in [0.29, 0.717) is 23.8 Å². The highest BCUT2D eigenvalue weighted by molar-refractivity contribution is 7.07. The van der Waals surface area contributed by atoms with Crippen molar-refractivity contribution in [1.29, 1.82) is 0 Å². The third kappa shape index (κ3) is 4.13. The summed E-state index contributed by atoms with van der Waals surface area (Å²) >= 11 is 1.50. The highest BCUT2D eigenvalue weighted by Crippen LogP contribution is 2.16. The van der Waals surface area contributed by atoms with Gasteiger partial charge in [0.25, 0.3) is 5.89 Å². The fourth-order valence-electron chi connectivity index (χ4n) is 1.79. The first-order valence-electron chi connectivity index (χ1n) is 6.77. The Balaban J connectivity index is 1.58. The van der Waals surface area contributed by atoms with E-state index < -0.39 is 5.97 Å². The molecule has 0 saturated carbocycles. The van der Waals surface area contributed by atoms with Gasteiger partial charge < -0.3 is 13.9 Å². The molecule has 2 heterocycles. The second-order valence-electron chi connectivity index (χ2n) is 4.59. The molecule has 0 aliphatic heterocycles. The van der Waals surface area contributed by atoms with E-state index >= 15 is 0 Å². The van der Waals surface area contributed by atoms with Gasteiger partial charge in [-0.1, -0.05) is 6.07 Å². The van der Waals surface area contributed by atoms with E-state index in [1.807, 2.05) is 5.38 Å². The molecule has 0 unspecified atom stereocenters. The predicted molar refractivity (Wildman–Crippen MR) is 81.0 cm³/mol. The lowest BCUT2D eigenvalue weighted by atomic mass is 10.2. The molecule has 0 atom stereocenters. The largest absolute Gasteiger partial charge is 0.487 e. The standard InChI is InChI=1S/C15H13N3O4S/c1-10-17-18-14(22-10)7-21-15(19)11-3-2-4-13(5-11)20-6-12-8-23-9-16-12/h2-5,8-9H,6-7H2,1H3. The second-order valence-corrected chi connectivity index (χ2v) is 5.31. The molecule has 3 rings (SSSR count). The fraction of sp³-hybridized carbons (Fsp3) is 0.200. The molecule has 0 N–H and O–H groups in total. The Morgan fingerprint density at radius 2 is 2.22 bits per heavy atom. The normalized spacial score (nSPS) is 10.5. The molecule has 3 aromatic rings. The van der Waals surface area contributed by atoms with Crippen molar-refractivity contribution in [3.05, 3.63) is 58.2 Å². The first-order valence-corrected chi connectivity index (χ1v) is 7.71. The lowest BCUT2D eigenvalue weighted by Crippen LogP contribution is -2.06. The summed E-state index contributed by atoms with van der Waals surface area (Å²) in [6, 6.07) is 6.76. The van der Waals surface area contributed by atoms with Gasteiger partial charge in [0, 0.05) is 12.3 Å². The van der Waals surface area contributed by atoms with Crippen LogP contribution >= 0.6 is 11.3 Å². The van der Waals surface area contributed by atoms with Crippen molar-refractivity contribution in [3.63, 3.8) is 0 Å². The molecule has 0 aliphatic carbocycles. The van der Waals surface area contributed by atoms with Crippen LogP contribution < -0.4 is 4.74 Å². The highest BCUT2D eigenvalue weighted by atomic mass is 32.1. The van der Waals surface area contributed by atoms with E-state index in [0.717, 1.165) is 5.69 Å². The number of carbonyl (C=O) groups is 1. The number of nitrogens with zero attached hydrogens (tertiary/aromatic N) is 3. The molecule has 0 amide bonds. The molecular formula is C15H13N3O4S. The zero-order valence-corrected chi connectivity index (χ0v) is 13.1. The summed E-state index contributed by atoms with van der Waals surface area (Å²) in [6.45, 7) is 1.95. The van der Waals surface area contributed by atoms with E-state index in [2.05, 4.69) is 15.2 Å². The number of thiazole rings is 1. The Bertz CT molecular complexity index is 786. The van der Waals surface area contributed by atoms with E-state index in [9.17, 15) is 4.79 Å². The third-order valence-corrected chi connectivity index (χ3v) is 3.47. The van der Waals surface area contributed by atoms with E-state index in [1.165, 1.54) is 11.3 Å². The summed E-state index contributed by atoms with van der Waals surface area (Å²) in [7, 11) is 0. The number of aryl methyl sites for hydroxylation is 1. The van der Waals surface area contributed by atoms with Crippen LogP contribution in [0.5, 0.6) is 5.75 Å². The third-order valence-electron chi connectivity index (χ3n) is 2.83. The van der Waals surface area contributed by atoms with Crippen LogP contribution in [0.15, 0.2) is 39.6 Å². The molecule has 118 valence electrons. The van der Waals surface area contributed by atoms with Crippen molar-refractivity contribution in [3.8, 4) is 5.75 Å². The van der Waals surface area contributed by atoms with Crippen LogP contribution in [0, 0.1) is 6.92 Å². The van der Waals surface area contributed by atoms with E-state index in [1.54, 1.807) is 36.7 Å². The maximum Gasteiger partial charge on any atom is 0.338 e. The number of carbonyl (C=O) groups excluding carboxylic acids is 1. The molecule has 0 bridgehead atoms. The number of rotatable bonds is 6. The van der Waals surface area contributed by atoms with Gasteiger partial charge >= 0.3 is 5.97 Å². The van der Waals surface area contributed by atoms with Crippen molar-refractivity contribution >= 4 is 17.3 Å². The Labute approximate surface area is 135 Å². The first kappa shape index (κ1) is 15.2. The lowest BCUT2D eigenvalue weighted by molar-refractivity contribution is 0.0436. The number of esters is 1. The maximum absolute atomic E-state index is 12.0. The summed E-state index contributed by atoms with van der Waals surface area (Å²) in [5.41, 5.74) is 2.97. The molecule has 7 nitrogen and oxygen atoms in total. The Morgan fingerprint density at radius 3 is 2.96 bits per heavy atom. The molecule has 0 radical (unpaired) electrons. The Morgan fingerprint density at radius 1 is 1.30 bits per heavy atom. The molecule has 23 heavy (non-hydrogen) atoms. The molecule has 2 aromatic heterocycles. The zero-order valence-electron chi connectivity index (χ0n) is 12.3. The highest BCUT2D eigenvalue weighted by Gasteiger charge is 2.11. The average Bonchev–Trinajstić information content (AvgIpc) is 3.22. The smallest absolute Gasteiger partial charge is 0.338 e. The van der Waals surface area contributed by atoms with Gasteiger partial charge in [-0.25, -0.2) is 9.78 Å². The van der Waals surface area contributed by atoms with E-state index in [4.69, 9.17) is 13.9 Å². The van der Waals surface area contributed by atoms with E-state index in [-0.39, 0.29) is 12.5 Å². The quantitative estimate of drug-likeness (QED) is 0.642. The van der Waals surface area contributed by atoms with Crippen LogP contribution in [0.25, 0.3) is 0 Å². The van der Waals surface area contributed by atoms with Gasteiger partial charge in [-0.3, -0.25) is 0 Å². The number of hydrogen-bond acceptors (Lipinski definition) is 8. The van der Waals surface area contributed by atoms with Crippen molar-refractivity contribution in [2.75, 3.05) is 0 Å². The second kappa shape index (κ2) is 7.01. The average molecular weight is 331 g/mol. The molecule has 0 saturated heterocycles. The summed E-state index contributed by atoms with van der Waals surface area (Å²) in [5.74, 6) is 0.765. The van der Waals surface area contributed by atoms with Gasteiger partial charge in [-0.05, 0) is 18.2 Å². The van der Waals surface area contributed by atoms with Crippen molar-refractivity contribution < 1.29 is 18.7 Å². The molecule has 0 fully saturated rings. The minimum Gasteiger partial charge on any atom is -0.487 e. The Kier molecular flexibility index (Phi) is 4.62. The number of aromatic nitrogens is 3. The summed E-state index contributed by atoms with van der Waals surface area (Å²) in [5, 5.41) is 9.34. The van der Waals surface area contributed by atoms with Crippen molar-refractivity contribution in [1.82, 2.24) is 15.2 Å². The number of hydrogen-bond donors (Lipinski definition) is 0. The van der Waals surface area contributed by atoms with Crippen LogP contribution in [-0.4, -0.2) is 21.2 Å². The SMILES string of the molecule is Cc1nnc(COC(=O)c2cccc(OCc3cscn3)c2)o1. The lowest BCUT2D eigenvalue weighted by Gasteiger charge is -2.06. The van der Waals surface area contributed by atoms with Crippen LogP contribution in [0.3, 0.4) is 0 Å². The monoisotopic (exact) mass is 331 g/mol. The van der Waals surface area contributed by atoms with Crippen LogP contribution in [-0.2, 0) is 18.0 Å². The molecule has 0 aliphatic rings. The molecule has 0 spiro atoms. The number of ether oxygens (including phenoxy) is 2. The first-order chi connectivity index (χ1) is 11.2. The van der Waals surface area contributed by atoms with Gasteiger partial charge in [-0.15, -0.1) is 21.5 Å². The zero-order chi connectivity index (χ0) is 16.1. The minimum absolute atomic E-state index is 0.0659. The van der Waals surface area contributed by atoms with Gasteiger partial charge in [-0.2, -0.15) is 0 Å². The summed E-state index contributed by atoms with van der Waals surface area (Å²) < 4.78 is 15.9. The van der Waals surface area contributed by atoms with Crippen LogP contribution in [0.2, 0.25) is 0 Å². The van der Waals surface area contributed by atoms with Gasteiger partial charge in [0.2, 0.25) is 5.89 Å². The topological polar surface area (TPSA) is 87.3 Å². The van der Waals surface area contributed by atoms with Crippen LogP contribution in [0.4, 0.5) is 0 Å². The molecule has 1 aromatic carbocycles. The number of benzene rings is 1. The maximum atomic E-state index is 12.0. The van der Waals surface area contributed by atoms with Gasteiger partial charge in [0.15, 0.2) is 6.61 Å². The van der Waals surface area contributed by atoms with Crippen molar-refractivity contribution in [2.24, 2.45) is 0 Å². The minimum atomic E-state index is -0.486. The van der Waals surface area contributed by atoms with Gasteiger partial charge in [0.05, 0.1) is 16.8 Å². The van der Waals surface area contributed by atoms with Gasteiger partial charge in [0.1, 0.15) is 12.4 Å². The summed E-state index contributed by atoms with van der Waals surface area (Å²) in [6.07, 6.45) is 0. The molecule has 8 heteroatoms.